The molecule has 0 unspecified atom stereocenters. The number of nitrogens with zero attached hydrogens (tertiary/aromatic N) is 1. The maximum atomic E-state index is 3.39. The maximum absolute atomic E-state index is 3.39. The molecule has 0 amide bonds. The fourth-order valence-electron chi connectivity index (χ4n) is 2.90. The van der Waals surface area contributed by atoms with Crippen molar-refractivity contribution in [3.8, 4) is 11.8 Å². The van der Waals surface area contributed by atoms with Crippen LogP contribution >= 0.6 is 0 Å². The molecule has 0 bridgehead atoms. The Hall–Kier alpha value is -1.68. The zero-order chi connectivity index (χ0) is 15.1. The Labute approximate surface area is 129 Å². The number of hydrogen-bond donors (Lipinski definition) is 0. The third-order valence-corrected chi connectivity index (χ3v) is 4.22. The second-order valence-electron chi connectivity index (χ2n) is 5.87. The Morgan fingerprint density at radius 1 is 1.00 bits per heavy atom. The molecular weight excluding hydrogens is 254 g/mol. The van der Waals surface area contributed by atoms with Crippen LogP contribution in [-0.4, -0.2) is 4.57 Å². The summed E-state index contributed by atoms with van der Waals surface area (Å²) < 4.78 is 2.22. The molecule has 1 heterocycles. The third-order valence-electron chi connectivity index (χ3n) is 4.22. The zero-order valence-electron chi connectivity index (χ0n) is 13.7. The van der Waals surface area contributed by atoms with Gasteiger partial charge in [0.1, 0.15) is 0 Å². The van der Waals surface area contributed by atoms with Gasteiger partial charge in [0.25, 0.3) is 0 Å². The molecule has 21 heavy (non-hydrogen) atoms. The van der Waals surface area contributed by atoms with E-state index in [4.69, 9.17) is 0 Å². The normalized spacial score (nSPS) is 10.6. The monoisotopic (exact) mass is 281 g/mol. The highest BCUT2D eigenvalue weighted by Gasteiger charge is 2.08. The topological polar surface area (TPSA) is 4.93 Å². The van der Waals surface area contributed by atoms with Crippen molar-refractivity contribution < 1.29 is 0 Å². The average molecular weight is 281 g/mol. The Morgan fingerprint density at radius 2 is 1.71 bits per heavy atom. The molecule has 0 aliphatic rings. The molecule has 112 valence electrons. The Morgan fingerprint density at radius 3 is 2.48 bits per heavy atom. The van der Waals surface area contributed by atoms with Crippen molar-refractivity contribution in [1.29, 1.82) is 0 Å². The second-order valence-corrected chi connectivity index (χ2v) is 5.87. The lowest BCUT2D eigenvalue weighted by atomic mass is 10.1. The lowest BCUT2D eigenvalue weighted by molar-refractivity contribution is 0.614. The Bertz CT molecular complexity index is 598. The first kappa shape index (κ1) is 15.7. The fourth-order valence-corrected chi connectivity index (χ4v) is 2.90. The van der Waals surface area contributed by atoms with Crippen LogP contribution in [0.2, 0.25) is 0 Å². The van der Waals surface area contributed by atoms with Crippen LogP contribution in [0.3, 0.4) is 0 Å². The van der Waals surface area contributed by atoms with Crippen LogP contribution in [0.4, 0.5) is 0 Å². The number of aromatic nitrogens is 1. The Balaban J connectivity index is 1.93. The number of unbranched alkanes of at least 4 members (excludes halogenated alkanes) is 6. The molecule has 1 aromatic heterocycles. The van der Waals surface area contributed by atoms with Crippen LogP contribution in [0.5, 0.6) is 0 Å². The van der Waals surface area contributed by atoms with Crippen molar-refractivity contribution in [2.24, 2.45) is 7.05 Å². The molecule has 0 N–H and O–H groups in total. The third kappa shape index (κ3) is 3.91. The van der Waals surface area contributed by atoms with Crippen LogP contribution in [0.1, 0.15) is 63.1 Å². The summed E-state index contributed by atoms with van der Waals surface area (Å²) in [6, 6.07) is 8.54. The van der Waals surface area contributed by atoms with Crippen LogP contribution < -0.4 is 0 Å². The van der Waals surface area contributed by atoms with E-state index in [0.717, 1.165) is 6.42 Å². The van der Waals surface area contributed by atoms with E-state index in [1.54, 1.807) is 0 Å². The summed E-state index contributed by atoms with van der Waals surface area (Å²) in [5.41, 5.74) is 3.75. The standard InChI is InChI=1S/C20H27N/c1-4-5-6-7-8-9-10-11-15-19-17(2)18-14-12-13-16-20(18)21(19)3/h12-14,16H,4-10H2,1-3H3. The average Bonchev–Trinajstić information content (AvgIpc) is 2.75. The minimum absolute atomic E-state index is 1.02. The molecule has 0 atom stereocenters. The van der Waals surface area contributed by atoms with Crippen LogP contribution in [0, 0.1) is 18.8 Å². The molecule has 2 aromatic rings. The van der Waals surface area contributed by atoms with Gasteiger partial charge in [-0.3, -0.25) is 0 Å². The molecule has 2 rings (SSSR count). The minimum atomic E-state index is 1.02. The summed E-state index contributed by atoms with van der Waals surface area (Å²) in [5, 5.41) is 1.32. The SMILES string of the molecule is CCCCCCCCC#Cc1c(C)c2ccccc2n1C. The van der Waals surface area contributed by atoms with Crippen molar-refractivity contribution in [1.82, 2.24) is 4.57 Å². The number of hydrogen-bond acceptors (Lipinski definition) is 0. The van der Waals surface area contributed by atoms with E-state index in [2.05, 4.69) is 61.6 Å². The molecule has 1 nitrogen and oxygen atoms in total. The number of fused-ring (bicyclic) bond motifs is 1. The fraction of sp³-hybridized carbons (Fsp3) is 0.500. The van der Waals surface area contributed by atoms with Crippen molar-refractivity contribution in [3.63, 3.8) is 0 Å². The molecule has 0 aliphatic carbocycles. The quantitative estimate of drug-likeness (QED) is 0.480. The molecule has 0 fully saturated rings. The van der Waals surface area contributed by atoms with Gasteiger partial charge in [-0.05, 0) is 30.9 Å². The molecule has 0 radical (unpaired) electrons. The van der Waals surface area contributed by atoms with E-state index in [-0.39, 0.29) is 0 Å². The van der Waals surface area contributed by atoms with Crippen molar-refractivity contribution in [2.75, 3.05) is 0 Å². The summed E-state index contributed by atoms with van der Waals surface area (Å²) in [6.07, 6.45) is 9.02. The van der Waals surface area contributed by atoms with E-state index < -0.39 is 0 Å². The van der Waals surface area contributed by atoms with Crippen LogP contribution in [0.15, 0.2) is 24.3 Å². The van der Waals surface area contributed by atoms with Gasteiger partial charge in [-0.15, -0.1) is 0 Å². The molecule has 0 saturated heterocycles. The van der Waals surface area contributed by atoms with Gasteiger partial charge in [-0.1, -0.05) is 63.1 Å². The maximum Gasteiger partial charge on any atom is 0.0957 e. The zero-order valence-corrected chi connectivity index (χ0v) is 13.7. The summed E-state index contributed by atoms with van der Waals surface area (Å²) in [7, 11) is 2.12. The summed E-state index contributed by atoms with van der Waals surface area (Å²) >= 11 is 0. The van der Waals surface area contributed by atoms with Crippen molar-refractivity contribution >= 4 is 10.9 Å². The number of benzene rings is 1. The molecule has 0 aliphatic heterocycles. The highest BCUT2D eigenvalue weighted by atomic mass is 14.9. The lowest BCUT2D eigenvalue weighted by Gasteiger charge is -1.98. The van der Waals surface area contributed by atoms with E-state index in [1.807, 2.05) is 0 Å². The van der Waals surface area contributed by atoms with E-state index in [0.29, 0.717) is 0 Å². The molecule has 1 aromatic carbocycles. The summed E-state index contributed by atoms with van der Waals surface area (Å²) in [5.74, 6) is 6.75. The number of para-hydroxylation sites is 1. The smallest absolute Gasteiger partial charge is 0.0957 e. The van der Waals surface area contributed by atoms with Gasteiger partial charge in [-0.2, -0.15) is 0 Å². The van der Waals surface area contributed by atoms with Gasteiger partial charge in [0.2, 0.25) is 0 Å². The largest absolute Gasteiger partial charge is 0.337 e. The van der Waals surface area contributed by atoms with E-state index in [1.165, 1.54) is 60.7 Å². The van der Waals surface area contributed by atoms with Gasteiger partial charge in [0.15, 0.2) is 0 Å². The van der Waals surface area contributed by atoms with Crippen LogP contribution in [-0.2, 0) is 7.05 Å². The first-order chi connectivity index (χ1) is 10.3. The lowest BCUT2D eigenvalue weighted by Crippen LogP contribution is -1.92. The van der Waals surface area contributed by atoms with E-state index >= 15 is 0 Å². The Kier molecular flexibility index (Phi) is 5.93. The predicted molar refractivity (Wildman–Crippen MR) is 92.5 cm³/mol. The molecule has 0 spiro atoms. The minimum Gasteiger partial charge on any atom is -0.337 e. The highest BCUT2D eigenvalue weighted by Crippen LogP contribution is 2.23. The highest BCUT2D eigenvalue weighted by molar-refractivity contribution is 5.86. The molecular formula is C20H27N. The first-order valence-electron chi connectivity index (χ1n) is 8.28. The predicted octanol–water partition coefficient (Wildman–Crippen LogP) is 5.59. The molecule has 0 saturated carbocycles. The van der Waals surface area contributed by atoms with Gasteiger partial charge < -0.3 is 4.57 Å². The van der Waals surface area contributed by atoms with Gasteiger partial charge in [0, 0.05) is 24.4 Å². The molecule has 1 heteroatoms. The summed E-state index contributed by atoms with van der Waals surface area (Å²) in [6.45, 7) is 4.44. The van der Waals surface area contributed by atoms with Gasteiger partial charge >= 0.3 is 0 Å². The first-order valence-corrected chi connectivity index (χ1v) is 8.28. The number of rotatable bonds is 6. The second kappa shape index (κ2) is 7.93. The number of aryl methyl sites for hydroxylation is 2. The van der Waals surface area contributed by atoms with Crippen molar-refractivity contribution in [2.45, 2.75) is 58.8 Å². The van der Waals surface area contributed by atoms with Gasteiger partial charge in [-0.25, -0.2) is 0 Å². The van der Waals surface area contributed by atoms with E-state index in [9.17, 15) is 0 Å². The summed E-state index contributed by atoms with van der Waals surface area (Å²) in [4.78, 5) is 0. The van der Waals surface area contributed by atoms with Crippen LogP contribution in [0.25, 0.3) is 10.9 Å². The van der Waals surface area contributed by atoms with Crippen molar-refractivity contribution in [3.05, 3.63) is 35.5 Å². The van der Waals surface area contributed by atoms with Gasteiger partial charge in [0.05, 0.1) is 5.69 Å².